The molecule has 1 aromatic carbocycles. The molecule has 3 rings (SSSR count). The molecule has 1 amide bonds. The third kappa shape index (κ3) is 4.31. The highest BCUT2D eigenvalue weighted by Crippen LogP contribution is 2.28. The van der Waals surface area contributed by atoms with Crippen LogP contribution in [0.2, 0.25) is 0 Å². The number of hydrogen-bond donors (Lipinski definition) is 2. The number of amides is 1. The van der Waals surface area contributed by atoms with Crippen LogP contribution in [0.4, 0.5) is 0 Å². The van der Waals surface area contributed by atoms with Gasteiger partial charge in [0.2, 0.25) is 5.91 Å². The van der Waals surface area contributed by atoms with Crippen molar-refractivity contribution in [3.8, 4) is 5.75 Å². The summed E-state index contributed by atoms with van der Waals surface area (Å²) in [5, 5.41) is 10.4. The lowest BCUT2D eigenvalue weighted by atomic mass is 10.0. The van der Waals surface area contributed by atoms with Crippen LogP contribution < -0.4 is 10.1 Å². The minimum Gasteiger partial charge on any atom is -0.496 e. The van der Waals surface area contributed by atoms with E-state index in [0.29, 0.717) is 26.3 Å². The summed E-state index contributed by atoms with van der Waals surface area (Å²) in [7, 11) is 1.64. The molecule has 0 unspecified atom stereocenters. The molecule has 0 radical (unpaired) electrons. The van der Waals surface area contributed by atoms with E-state index in [1.807, 2.05) is 45.0 Å². The first-order valence-electron chi connectivity index (χ1n) is 9.26. The van der Waals surface area contributed by atoms with E-state index in [1.54, 1.807) is 7.11 Å². The first-order valence-corrected chi connectivity index (χ1v) is 9.26. The Kier molecular flexibility index (Phi) is 6.13. The number of hydrogen-bond acceptors (Lipinski definition) is 5. The van der Waals surface area contributed by atoms with Crippen LogP contribution in [0.15, 0.2) is 24.3 Å². The molecule has 2 atom stereocenters. The highest BCUT2D eigenvalue weighted by Gasteiger charge is 2.30. The predicted molar refractivity (Wildman–Crippen MR) is 103 cm³/mol. The van der Waals surface area contributed by atoms with Gasteiger partial charge in [-0.2, -0.15) is 5.10 Å². The smallest absolute Gasteiger partial charge is 0.234 e. The fraction of sp³-hybridized carbons (Fsp3) is 0.500. The Morgan fingerprint density at radius 1 is 1.44 bits per heavy atom. The van der Waals surface area contributed by atoms with Gasteiger partial charge < -0.3 is 14.8 Å². The van der Waals surface area contributed by atoms with E-state index < -0.39 is 0 Å². The molecule has 2 aromatic rings. The molecule has 27 heavy (non-hydrogen) atoms. The SMILES string of the molecule is COc1ccccc1[C@H](C)NC(=O)CN1CCOC[C@@H]1c1c(C)n[nH]c1C. The Bertz CT molecular complexity index is 770. The van der Waals surface area contributed by atoms with E-state index in [-0.39, 0.29) is 18.0 Å². The lowest BCUT2D eigenvalue weighted by Gasteiger charge is -2.35. The summed E-state index contributed by atoms with van der Waals surface area (Å²) < 4.78 is 11.1. The Hall–Kier alpha value is -2.38. The van der Waals surface area contributed by atoms with Gasteiger partial charge in [-0.25, -0.2) is 0 Å². The molecule has 1 aliphatic heterocycles. The molecule has 2 heterocycles. The predicted octanol–water partition coefficient (Wildman–Crippen LogP) is 2.29. The fourth-order valence-corrected chi connectivity index (χ4v) is 3.72. The highest BCUT2D eigenvalue weighted by atomic mass is 16.5. The number of benzene rings is 1. The van der Waals surface area contributed by atoms with Crippen LogP contribution in [0.3, 0.4) is 0 Å². The first-order chi connectivity index (χ1) is 13.0. The second kappa shape index (κ2) is 8.54. The first kappa shape index (κ1) is 19.4. The van der Waals surface area contributed by atoms with Gasteiger partial charge in [0.15, 0.2) is 0 Å². The van der Waals surface area contributed by atoms with Crippen LogP contribution in [-0.4, -0.2) is 54.4 Å². The number of rotatable bonds is 6. The summed E-state index contributed by atoms with van der Waals surface area (Å²) >= 11 is 0. The number of aryl methyl sites for hydroxylation is 2. The van der Waals surface area contributed by atoms with Crippen molar-refractivity contribution in [2.45, 2.75) is 32.9 Å². The number of nitrogens with zero attached hydrogens (tertiary/aromatic N) is 2. The quantitative estimate of drug-likeness (QED) is 0.813. The van der Waals surface area contributed by atoms with Crippen molar-refractivity contribution in [1.29, 1.82) is 0 Å². The normalized spacial score (nSPS) is 18.9. The lowest BCUT2D eigenvalue weighted by molar-refractivity contribution is -0.125. The fourth-order valence-electron chi connectivity index (χ4n) is 3.72. The minimum atomic E-state index is -0.134. The molecule has 146 valence electrons. The minimum absolute atomic E-state index is 0.0147. The molecule has 0 bridgehead atoms. The van der Waals surface area contributed by atoms with Crippen molar-refractivity contribution >= 4 is 5.91 Å². The van der Waals surface area contributed by atoms with Crippen LogP contribution >= 0.6 is 0 Å². The van der Waals surface area contributed by atoms with Gasteiger partial charge in [0.25, 0.3) is 0 Å². The molecule has 0 spiro atoms. The zero-order valence-electron chi connectivity index (χ0n) is 16.4. The van der Waals surface area contributed by atoms with Gasteiger partial charge in [-0.3, -0.25) is 14.8 Å². The van der Waals surface area contributed by atoms with E-state index in [2.05, 4.69) is 20.4 Å². The summed E-state index contributed by atoms with van der Waals surface area (Å²) in [6.45, 7) is 8.18. The third-order valence-electron chi connectivity index (χ3n) is 5.09. The van der Waals surface area contributed by atoms with E-state index in [4.69, 9.17) is 9.47 Å². The third-order valence-corrected chi connectivity index (χ3v) is 5.09. The number of H-pyrrole nitrogens is 1. The molecular weight excluding hydrogens is 344 g/mol. The van der Waals surface area contributed by atoms with Crippen LogP contribution in [0.5, 0.6) is 5.75 Å². The highest BCUT2D eigenvalue weighted by molar-refractivity contribution is 5.78. The second-order valence-electron chi connectivity index (χ2n) is 6.94. The van der Waals surface area contributed by atoms with Crippen molar-refractivity contribution in [2.75, 3.05) is 33.4 Å². The van der Waals surface area contributed by atoms with Crippen LogP contribution in [0.1, 0.15) is 41.5 Å². The molecular formula is C20H28N4O3. The molecule has 1 aromatic heterocycles. The van der Waals surface area contributed by atoms with Gasteiger partial charge in [0.05, 0.1) is 44.6 Å². The Labute approximate surface area is 160 Å². The maximum Gasteiger partial charge on any atom is 0.234 e. The van der Waals surface area contributed by atoms with E-state index in [1.165, 1.54) is 0 Å². The maximum absolute atomic E-state index is 12.7. The standard InChI is InChI=1S/C20H28N4O3/c1-13(16-7-5-6-8-18(16)26-4)21-19(25)11-24-9-10-27-12-17(24)20-14(2)22-23-15(20)3/h5-8,13,17H,9-12H2,1-4H3,(H,21,25)(H,22,23)/t13-,17+/m0/s1. The maximum atomic E-state index is 12.7. The molecule has 0 saturated carbocycles. The average molecular weight is 372 g/mol. The summed E-state index contributed by atoms with van der Waals surface area (Å²) in [4.78, 5) is 14.9. The molecule has 0 aliphatic carbocycles. The average Bonchev–Trinajstić information content (AvgIpc) is 3.00. The van der Waals surface area contributed by atoms with Crippen molar-refractivity contribution in [3.05, 3.63) is 46.8 Å². The number of aromatic nitrogens is 2. The van der Waals surface area contributed by atoms with Crippen LogP contribution in [-0.2, 0) is 9.53 Å². The number of aromatic amines is 1. The molecule has 1 aliphatic rings. The number of methoxy groups -OCH3 is 1. The summed E-state index contributed by atoms with van der Waals surface area (Å²) in [6.07, 6.45) is 0. The van der Waals surface area contributed by atoms with Gasteiger partial charge in [0.1, 0.15) is 5.75 Å². The molecule has 1 saturated heterocycles. The summed E-state index contributed by atoms with van der Waals surface area (Å²) in [5.74, 6) is 0.762. The number of ether oxygens (including phenoxy) is 2. The van der Waals surface area contributed by atoms with Crippen LogP contribution in [0, 0.1) is 13.8 Å². The van der Waals surface area contributed by atoms with Crippen molar-refractivity contribution in [3.63, 3.8) is 0 Å². The number of carbonyl (C=O) groups is 1. The Morgan fingerprint density at radius 2 is 2.22 bits per heavy atom. The van der Waals surface area contributed by atoms with Gasteiger partial charge in [-0.15, -0.1) is 0 Å². The monoisotopic (exact) mass is 372 g/mol. The van der Waals surface area contributed by atoms with E-state index in [9.17, 15) is 4.79 Å². The molecule has 7 heteroatoms. The number of carbonyl (C=O) groups excluding carboxylic acids is 1. The largest absolute Gasteiger partial charge is 0.496 e. The second-order valence-corrected chi connectivity index (χ2v) is 6.94. The number of para-hydroxylation sites is 1. The van der Waals surface area contributed by atoms with E-state index in [0.717, 1.165) is 28.3 Å². The van der Waals surface area contributed by atoms with Gasteiger partial charge in [0, 0.05) is 23.4 Å². The number of morpholine rings is 1. The molecule has 1 fully saturated rings. The van der Waals surface area contributed by atoms with Gasteiger partial charge >= 0.3 is 0 Å². The van der Waals surface area contributed by atoms with Gasteiger partial charge in [-0.05, 0) is 26.8 Å². The molecule has 2 N–H and O–H groups in total. The Balaban J connectivity index is 1.68. The van der Waals surface area contributed by atoms with Crippen molar-refractivity contribution < 1.29 is 14.3 Å². The van der Waals surface area contributed by atoms with Gasteiger partial charge in [-0.1, -0.05) is 18.2 Å². The Morgan fingerprint density at radius 3 is 2.93 bits per heavy atom. The van der Waals surface area contributed by atoms with Crippen LogP contribution in [0.25, 0.3) is 0 Å². The van der Waals surface area contributed by atoms with Crippen molar-refractivity contribution in [2.24, 2.45) is 0 Å². The molecule has 7 nitrogen and oxygen atoms in total. The van der Waals surface area contributed by atoms with E-state index >= 15 is 0 Å². The zero-order valence-corrected chi connectivity index (χ0v) is 16.4. The summed E-state index contributed by atoms with van der Waals surface area (Å²) in [5.41, 5.74) is 4.07. The zero-order chi connectivity index (χ0) is 19.4. The number of nitrogens with one attached hydrogen (secondary N) is 2. The summed E-state index contributed by atoms with van der Waals surface area (Å²) in [6, 6.07) is 7.64. The van der Waals surface area contributed by atoms with Crippen molar-refractivity contribution in [1.82, 2.24) is 20.4 Å². The topological polar surface area (TPSA) is 79.5 Å². The lowest BCUT2D eigenvalue weighted by Crippen LogP contribution is -2.45.